The Hall–Kier alpha value is -1.55. The highest BCUT2D eigenvalue weighted by atomic mass is 17.2. The highest BCUT2D eigenvalue weighted by Gasteiger charge is 2.10. The minimum atomic E-state index is -0.518. The maximum Gasteiger partial charge on any atom is 0.373 e. The van der Waals surface area contributed by atoms with Crippen molar-refractivity contribution in [2.24, 2.45) is 0 Å². The van der Waals surface area contributed by atoms with Crippen molar-refractivity contribution in [1.82, 2.24) is 0 Å². The highest BCUT2D eigenvalue weighted by Crippen LogP contribution is 2.14. The van der Waals surface area contributed by atoms with Crippen molar-refractivity contribution in [3.05, 3.63) is 29.8 Å². The molecule has 16 heavy (non-hydrogen) atoms. The molecule has 0 aliphatic heterocycles. The Bertz CT molecular complexity index is 347. The zero-order valence-electron chi connectivity index (χ0n) is 9.73. The Kier molecular flexibility index (Phi) is 4.79. The number of hydrogen-bond donors (Lipinski definition) is 0. The van der Waals surface area contributed by atoms with E-state index < -0.39 is 5.97 Å². The van der Waals surface area contributed by atoms with Gasteiger partial charge in [0.1, 0.15) is 5.75 Å². The van der Waals surface area contributed by atoms with Crippen molar-refractivity contribution in [3.8, 4) is 5.75 Å². The molecule has 0 aliphatic carbocycles. The van der Waals surface area contributed by atoms with Crippen LogP contribution in [0, 0.1) is 0 Å². The molecule has 0 heterocycles. The summed E-state index contributed by atoms with van der Waals surface area (Å²) in [6, 6.07) is 6.78. The topological polar surface area (TPSA) is 44.8 Å². The molecular weight excluding hydrogens is 208 g/mol. The van der Waals surface area contributed by atoms with E-state index in [0.29, 0.717) is 17.9 Å². The fraction of sp³-hybridized carbons (Fsp3) is 0.417. The zero-order valence-corrected chi connectivity index (χ0v) is 9.73. The van der Waals surface area contributed by atoms with Crippen LogP contribution in [-0.4, -0.2) is 18.7 Å². The van der Waals surface area contributed by atoms with E-state index in [2.05, 4.69) is 4.89 Å². The average Bonchev–Trinajstić information content (AvgIpc) is 2.26. The maximum absolute atomic E-state index is 11.5. The molecule has 0 aromatic heterocycles. The third-order valence-electron chi connectivity index (χ3n) is 1.70. The Morgan fingerprint density at radius 1 is 1.38 bits per heavy atom. The third kappa shape index (κ3) is 3.90. The summed E-state index contributed by atoms with van der Waals surface area (Å²) in [7, 11) is 0. The molecule has 1 aromatic rings. The average molecular weight is 224 g/mol. The molecule has 0 saturated heterocycles. The van der Waals surface area contributed by atoms with Gasteiger partial charge in [-0.3, -0.25) is 4.89 Å². The third-order valence-corrected chi connectivity index (χ3v) is 1.70. The summed E-state index contributed by atoms with van der Waals surface area (Å²) in [6.07, 6.45) is -0.154. The van der Waals surface area contributed by atoms with Crippen LogP contribution in [0.3, 0.4) is 0 Å². The molecule has 0 spiro atoms. The number of carbonyl (C=O) groups excluding carboxylic acids is 1. The molecule has 0 unspecified atom stereocenters. The summed E-state index contributed by atoms with van der Waals surface area (Å²) in [5, 5.41) is 0. The molecule has 0 amide bonds. The molecule has 1 aromatic carbocycles. The van der Waals surface area contributed by atoms with Crippen molar-refractivity contribution in [1.29, 1.82) is 0 Å². The van der Waals surface area contributed by atoms with Gasteiger partial charge in [-0.05, 0) is 39.0 Å². The molecule has 0 fully saturated rings. The summed E-state index contributed by atoms with van der Waals surface area (Å²) in [6.45, 7) is 6.00. The lowest BCUT2D eigenvalue weighted by molar-refractivity contribution is -0.265. The Balaban J connectivity index is 2.64. The van der Waals surface area contributed by atoms with Gasteiger partial charge in [-0.2, -0.15) is 4.89 Å². The van der Waals surface area contributed by atoms with E-state index in [1.54, 1.807) is 38.1 Å². The molecule has 0 bridgehead atoms. The van der Waals surface area contributed by atoms with Crippen LogP contribution in [0.15, 0.2) is 24.3 Å². The number of ether oxygens (including phenoxy) is 1. The first kappa shape index (κ1) is 12.5. The van der Waals surface area contributed by atoms with E-state index >= 15 is 0 Å². The molecule has 4 heteroatoms. The smallest absolute Gasteiger partial charge is 0.373 e. The van der Waals surface area contributed by atoms with Gasteiger partial charge in [0.25, 0.3) is 0 Å². The van der Waals surface area contributed by atoms with Gasteiger partial charge >= 0.3 is 5.97 Å². The van der Waals surface area contributed by atoms with Crippen LogP contribution >= 0.6 is 0 Å². The first-order valence-electron chi connectivity index (χ1n) is 5.24. The van der Waals surface area contributed by atoms with E-state index in [4.69, 9.17) is 9.62 Å². The lowest BCUT2D eigenvalue weighted by atomic mass is 10.2. The molecule has 0 radical (unpaired) electrons. The Morgan fingerprint density at radius 3 is 2.75 bits per heavy atom. The molecule has 0 saturated carbocycles. The summed E-state index contributed by atoms with van der Waals surface area (Å²) in [5.74, 6) is 0.122. The fourth-order valence-electron chi connectivity index (χ4n) is 1.07. The highest BCUT2D eigenvalue weighted by molar-refractivity contribution is 5.89. The van der Waals surface area contributed by atoms with Crippen LogP contribution in [0.2, 0.25) is 0 Å². The second-order valence-electron chi connectivity index (χ2n) is 3.48. The second kappa shape index (κ2) is 6.12. The predicted molar refractivity (Wildman–Crippen MR) is 59.2 cm³/mol. The van der Waals surface area contributed by atoms with Crippen molar-refractivity contribution >= 4 is 5.97 Å². The number of carbonyl (C=O) groups is 1. The van der Waals surface area contributed by atoms with Gasteiger partial charge < -0.3 is 4.74 Å². The number of benzene rings is 1. The molecule has 88 valence electrons. The predicted octanol–water partition coefficient (Wildman–Crippen LogP) is 2.58. The summed E-state index contributed by atoms with van der Waals surface area (Å²) in [5.41, 5.74) is 0.409. The van der Waals surface area contributed by atoms with Gasteiger partial charge in [-0.1, -0.05) is 6.07 Å². The first-order valence-corrected chi connectivity index (χ1v) is 5.24. The van der Waals surface area contributed by atoms with Crippen LogP contribution in [0.5, 0.6) is 5.75 Å². The normalized spacial score (nSPS) is 10.2. The maximum atomic E-state index is 11.5. The summed E-state index contributed by atoms with van der Waals surface area (Å²) < 4.78 is 5.27. The first-order chi connectivity index (χ1) is 7.63. The zero-order chi connectivity index (χ0) is 12.0. The van der Waals surface area contributed by atoms with Gasteiger partial charge in [0.2, 0.25) is 0 Å². The van der Waals surface area contributed by atoms with Gasteiger partial charge in [-0.25, -0.2) is 4.79 Å². The van der Waals surface area contributed by atoms with Gasteiger partial charge in [-0.15, -0.1) is 0 Å². The largest absolute Gasteiger partial charge is 0.494 e. The van der Waals surface area contributed by atoms with Gasteiger partial charge in [0, 0.05) is 0 Å². The number of rotatable bonds is 5. The minimum absolute atomic E-state index is 0.154. The van der Waals surface area contributed by atoms with Crippen molar-refractivity contribution < 1.29 is 19.3 Å². The van der Waals surface area contributed by atoms with E-state index in [1.807, 2.05) is 6.92 Å². The second-order valence-corrected chi connectivity index (χ2v) is 3.48. The van der Waals surface area contributed by atoms with E-state index in [-0.39, 0.29) is 6.10 Å². The molecule has 0 aliphatic rings. The SMILES string of the molecule is CCOc1cccc(C(=O)OOC(C)C)c1. The van der Waals surface area contributed by atoms with Crippen molar-refractivity contribution in [2.75, 3.05) is 6.61 Å². The molecule has 0 atom stereocenters. The minimum Gasteiger partial charge on any atom is -0.494 e. The van der Waals surface area contributed by atoms with Crippen molar-refractivity contribution in [2.45, 2.75) is 26.9 Å². The summed E-state index contributed by atoms with van der Waals surface area (Å²) >= 11 is 0. The van der Waals surface area contributed by atoms with E-state index in [9.17, 15) is 4.79 Å². The van der Waals surface area contributed by atoms with E-state index in [0.717, 1.165) is 0 Å². The standard InChI is InChI=1S/C12H16O4/c1-4-14-11-7-5-6-10(8-11)12(13)16-15-9(2)3/h5-9H,4H2,1-3H3. The van der Waals surface area contributed by atoms with Gasteiger partial charge in [0.05, 0.1) is 18.3 Å². The molecule has 0 N–H and O–H groups in total. The van der Waals surface area contributed by atoms with Gasteiger partial charge in [0.15, 0.2) is 0 Å². The van der Waals surface area contributed by atoms with Crippen LogP contribution in [0.4, 0.5) is 0 Å². The Labute approximate surface area is 95.1 Å². The molecular formula is C12H16O4. The van der Waals surface area contributed by atoms with Crippen LogP contribution in [0.1, 0.15) is 31.1 Å². The van der Waals surface area contributed by atoms with Crippen molar-refractivity contribution in [3.63, 3.8) is 0 Å². The monoisotopic (exact) mass is 224 g/mol. The fourth-order valence-corrected chi connectivity index (χ4v) is 1.07. The molecule has 4 nitrogen and oxygen atoms in total. The lowest BCUT2D eigenvalue weighted by Crippen LogP contribution is -2.10. The van der Waals surface area contributed by atoms with Crippen LogP contribution in [-0.2, 0) is 9.78 Å². The number of hydrogen-bond acceptors (Lipinski definition) is 4. The van der Waals surface area contributed by atoms with E-state index in [1.165, 1.54) is 0 Å². The summed E-state index contributed by atoms with van der Waals surface area (Å²) in [4.78, 5) is 20.9. The Morgan fingerprint density at radius 2 is 2.12 bits per heavy atom. The van der Waals surface area contributed by atoms with Crippen LogP contribution in [0.25, 0.3) is 0 Å². The molecule has 1 rings (SSSR count). The lowest BCUT2D eigenvalue weighted by Gasteiger charge is -2.07. The quantitative estimate of drug-likeness (QED) is 0.569. The van der Waals surface area contributed by atoms with Crippen LogP contribution < -0.4 is 4.74 Å².